The molecule has 2 aliphatic heterocycles. The molecular weight excluding hydrogens is 505 g/mol. The van der Waals surface area contributed by atoms with Gasteiger partial charge in [0.15, 0.2) is 0 Å². The minimum Gasteiger partial charge on any atom is -0.370 e. The zero-order valence-corrected chi connectivity index (χ0v) is 19.8. The van der Waals surface area contributed by atoms with Crippen molar-refractivity contribution in [1.29, 1.82) is 0 Å². The quantitative estimate of drug-likeness (QED) is 0.453. The fraction of sp³-hybridized carbons (Fsp3) is 0.381. The van der Waals surface area contributed by atoms with Crippen molar-refractivity contribution in [3.05, 3.63) is 44.9 Å². The van der Waals surface area contributed by atoms with E-state index in [-0.39, 0.29) is 11.9 Å². The van der Waals surface area contributed by atoms with E-state index in [2.05, 4.69) is 27.8 Å². The molecule has 1 atom stereocenters. The van der Waals surface area contributed by atoms with E-state index in [4.69, 9.17) is 34.0 Å². The van der Waals surface area contributed by atoms with Gasteiger partial charge in [-0.05, 0) is 59.3 Å². The molecule has 0 aliphatic carbocycles. The van der Waals surface area contributed by atoms with Gasteiger partial charge in [-0.3, -0.25) is 9.59 Å². The van der Waals surface area contributed by atoms with E-state index in [1.54, 1.807) is 12.1 Å². The van der Waals surface area contributed by atoms with Crippen LogP contribution in [0.5, 0.6) is 0 Å². The van der Waals surface area contributed by atoms with Crippen LogP contribution in [0.3, 0.4) is 0 Å². The smallest absolute Gasteiger partial charge is 0.254 e. The number of nitrogens with zero attached hydrogens (tertiary/aromatic N) is 3. The first kappa shape index (κ1) is 22.2. The molecule has 10 heteroatoms. The van der Waals surface area contributed by atoms with E-state index < -0.39 is 5.91 Å². The third-order valence-corrected chi connectivity index (χ3v) is 7.94. The average Bonchev–Trinajstić information content (AvgIpc) is 3.16. The van der Waals surface area contributed by atoms with Crippen LogP contribution in [0.15, 0.2) is 29.3 Å². The summed E-state index contributed by atoms with van der Waals surface area (Å²) in [6.45, 7) is 5.65. The molecule has 0 radical (unpaired) electrons. The zero-order valence-electron chi connectivity index (χ0n) is 16.7. The molecule has 2 aromatic rings. The number of piperidine rings is 1. The molecule has 3 N–H and O–H groups in total. The molecular formula is C21H22BrCl2N5O2. The Labute approximate surface area is 198 Å². The summed E-state index contributed by atoms with van der Waals surface area (Å²) in [7, 11) is 0. The predicted octanol–water partition coefficient (Wildman–Crippen LogP) is 4.50. The highest BCUT2D eigenvalue weighted by molar-refractivity contribution is 9.10. The highest BCUT2D eigenvalue weighted by Crippen LogP contribution is 2.42. The number of nitrogens with one attached hydrogen (secondary N) is 1. The maximum atomic E-state index is 12.4. The van der Waals surface area contributed by atoms with Crippen LogP contribution < -0.4 is 11.1 Å². The minimum absolute atomic E-state index is 0.0363. The first-order valence-electron chi connectivity index (χ1n) is 10.0. The van der Waals surface area contributed by atoms with Gasteiger partial charge < -0.3 is 16.0 Å². The van der Waals surface area contributed by atoms with Crippen molar-refractivity contribution >= 4 is 56.8 Å². The van der Waals surface area contributed by atoms with Crippen molar-refractivity contribution in [3.63, 3.8) is 0 Å². The summed E-state index contributed by atoms with van der Waals surface area (Å²) < 4.78 is 2.47. The number of hydrogen-bond acceptors (Lipinski definition) is 4. The van der Waals surface area contributed by atoms with Crippen molar-refractivity contribution in [2.24, 2.45) is 11.7 Å². The lowest BCUT2D eigenvalue weighted by atomic mass is 9.87. The van der Waals surface area contributed by atoms with Gasteiger partial charge in [0.1, 0.15) is 17.1 Å². The summed E-state index contributed by atoms with van der Waals surface area (Å²) in [5, 5.41) is 8.95. The van der Waals surface area contributed by atoms with Gasteiger partial charge in [-0.25, -0.2) is 4.68 Å². The van der Waals surface area contributed by atoms with Crippen LogP contribution in [0, 0.1) is 5.92 Å². The summed E-state index contributed by atoms with van der Waals surface area (Å²) in [4.78, 5) is 26.1. The van der Waals surface area contributed by atoms with E-state index in [0.29, 0.717) is 62.7 Å². The number of aromatic nitrogens is 2. The SMILES string of the molecule is C=CC(=O)N1CCC(C2CCNc3c(C(N)=O)c(-c4cc(Cl)c(Br)c(Cl)c4)nn32)CC1. The molecule has 2 aliphatic rings. The molecule has 7 nitrogen and oxygen atoms in total. The van der Waals surface area contributed by atoms with Gasteiger partial charge in [-0.15, -0.1) is 0 Å². The van der Waals surface area contributed by atoms with Crippen molar-refractivity contribution in [3.8, 4) is 11.3 Å². The first-order chi connectivity index (χ1) is 14.8. The Morgan fingerprint density at radius 1 is 1.23 bits per heavy atom. The number of amides is 2. The zero-order chi connectivity index (χ0) is 22.3. The number of nitrogens with two attached hydrogens (primary N) is 1. The number of fused-ring (bicyclic) bond motifs is 1. The van der Waals surface area contributed by atoms with Gasteiger partial charge in [0.25, 0.3) is 5.91 Å². The largest absolute Gasteiger partial charge is 0.370 e. The molecule has 2 amide bonds. The van der Waals surface area contributed by atoms with E-state index in [0.717, 1.165) is 19.3 Å². The normalized spacial score (nSPS) is 18.9. The summed E-state index contributed by atoms with van der Waals surface area (Å²) >= 11 is 15.9. The standard InChI is InChI=1S/C21H22BrCl2N5O2/c1-2-16(30)28-7-4-11(5-8-28)15-3-6-26-21-17(20(25)31)19(27-29(15)21)12-9-13(23)18(22)14(24)10-12/h2,9-11,15,26H,1,3-8H2,(H2,25,31). The predicted molar refractivity (Wildman–Crippen MR) is 126 cm³/mol. The van der Waals surface area contributed by atoms with Crippen LogP contribution in [0.2, 0.25) is 10.0 Å². The Hall–Kier alpha value is -2.03. The monoisotopic (exact) mass is 525 g/mol. The second-order valence-electron chi connectivity index (χ2n) is 7.78. The molecule has 164 valence electrons. The van der Waals surface area contributed by atoms with Crippen molar-refractivity contribution in [2.75, 3.05) is 25.0 Å². The van der Waals surface area contributed by atoms with Crippen LogP contribution >= 0.6 is 39.1 Å². The maximum Gasteiger partial charge on any atom is 0.254 e. The van der Waals surface area contributed by atoms with Crippen LogP contribution in [0.25, 0.3) is 11.3 Å². The summed E-state index contributed by atoms with van der Waals surface area (Å²) in [6.07, 6.45) is 3.95. The molecule has 1 saturated heterocycles. The number of halogens is 3. The number of anilines is 1. The van der Waals surface area contributed by atoms with Gasteiger partial charge in [0.05, 0.1) is 20.6 Å². The van der Waals surface area contributed by atoms with Gasteiger partial charge in [0.2, 0.25) is 5.91 Å². The number of hydrogen-bond donors (Lipinski definition) is 2. The molecule has 1 aromatic heterocycles. The molecule has 0 saturated carbocycles. The lowest BCUT2D eigenvalue weighted by molar-refractivity contribution is -0.127. The second kappa shape index (κ2) is 8.84. The lowest BCUT2D eigenvalue weighted by Gasteiger charge is -2.38. The lowest BCUT2D eigenvalue weighted by Crippen LogP contribution is -2.41. The third kappa shape index (κ3) is 4.08. The average molecular weight is 527 g/mol. The van der Waals surface area contributed by atoms with E-state index in [1.807, 2.05) is 9.58 Å². The first-order valence-corrected chi connectivity index (χ1v) is 11.6. The number of rotatable bonds is 4. The number of primary amides is 1. The highest BCUT2D eigenvalue weighted by atomic mass is 79.9. The third-order valence-electron chi connectivity index (χ3n) is 6.03. The minimum atomic E-state index is -0.564. The Bertz CT molecular complexity index is 1040. The molecule has 3 heterocycles. The number of carbonyl (C=O) groups is 2. The van der Waals surface area contributed by atoms with Gasteiger partial charge >= 0.3 is 0 Å². The maximum absolute atomic E-state index is 12.4. The number of benzene rings is 1. The fourth-order valence-corrected chi connectivity index (χ4v) is 5.22. The van der Waals surface area contributed by atoms with Gasteiger partial charge in [-0.2, -0.15) is 5.10 Å². The second-order valence-corrected chi connectivity index (χ2v) is 9.39. The van der Waals surface area contributed by atoms with Crippen LogP contribution in [0.1, 0.15) is 35.7 Å². The van der Waals surface area contributed by atoms with Gasteiger partial charge in [0, 0.05) is 25.2 Å². The molecule has 1 aromatic carbocycles. The van der Waals surface area contributed by atoms with Crippen LogP contribution in [-0.2, 0) is 4.79 Å². The number of likely N-dealkylation sites (tertiary alicyclic amines) is 1. The molecule has 0 bridgehead atoms. The number of carbonyl (C=O) groups excluding carboxylic acids is 2. The Balaban J connectivity index is 1.71. The van der Waals surface area contributed by atoms with Crippen molar-refractivity contribution in [2.45, 2.75) is 25.3 Å². The van der Waals surface area contributed by atoms with E-state index in [1.165, 1.54) is 6.08 Å². The summed E-state index contributed by atoms with van der Waals surface area (Å²) in [6, 6.07) is 3.53. The topological polar surface area (TPSA) is 93.2 Å². The van der Waals surface area contributed by atoms with Crippen LogP contribution in [0.4, 0.5) is 5.82 Å². The Morgan fingerprint density at radius 2 is 1.87 bits per heavy atom. The van der Waals surface area contributed by atoms with E-state index in [9.17, 15) is 9.59 Å². The Morgan fingerprint density at radius 3 is 2.45 bits per heavy atom. The molecule has 31 heavy (non-hydrogen) atoms. The highest BCUT2D eigenvalue weighted by Gasteiger charge is 2.35. The molecule has 4 rings (SSSR count). The Kier molecular flexibility index (Phi) is 6.32. The fourth-order valence-electron chi connectivity index (χ4n) is 4.50. The van der Waals surface area contributed by atoms with Crippen LogP contribution in [-0.4, -0.2) is 46.1 Å². The van der Waals surface area contributed by atoms with Crippen molar-refractivity contribution < 1.29 is 9.59 Å². The summed E-state index contributed by atoms with van der Waals surface area (Å²) in [5.74, 6) is 0.357. The van der Waals surface area contributed by atoms with Crippen molar-refractivity contribution in [1.82, 2.24) is 14.7 Å². The summed E-state index contributed by atoms with van der Waals surface area (Å²) in [5.41, 5.74) is 7.17. The van der Waals surface area contributed by atoms with Gasteiger partial charge in [-0.1, -0.05) is 29.8 Å². The van der Waals surface area contributed by atoms with E-state index >= 15 is 0 Å². The molecule has 1 fully saturated rings. The molecule has 0 spiro atoms. The molecule has 1 unspecified atom stereocenters.